The number of nitrogens with one attached hydrogen (secondary N) is 1. The third-order valence-corrected chi connectivity index (χ3v) is 2.55. The van der Waals surface area contributed by atoms with Crippen LogP contribution in [-0.4, -0.2) is 32.7 Å². The van der Waals surface area contributed by atoms with Crippen molar-refractivity contribution in [1.82, 2.24) is 5.32 Å². The zero-order valence-corrected chi connectivity index (χ0v) is 12.6. The van der Waals surface area contributed by atoms with Crippen molar-refractivity contribution >= 4 is 11.9 Å². The second kappa shape index (κ2) is 7.94. The maximum Gasteiger partial charge on any atom is 0.332 e. The molecule has 0 atom stereocenters. The topological polar surface area (TPSA) is 73.9 Å². The van der Waals surface area contributed by atoms with Crippen molar-refractivity contribution in [3.05, 3.63) is 35.5 Å². The number of hydrogen-bond acceptors (Lipinski definition) is 5. The van der Waals surface area contributed by atoms with E-state index in [0.717, 1.165) is 0 Å². The Morgan fingerprint density at radius 2 is 1.71 bits per heavy atom. The van der Waals surface area contributed by atoms with Crippen molar-refractivity contribution in [3.63, 3.8) is 0 Å². The first-order chi connectivity index (χ1) is 9.99. The first-order valence-corrected chi connectivity index (χ1v) is 6.39. The van der Waals surface area contributed by atoms with Crippen molar-refractivity contribution in [2.45, 2.75) is 13.8 Å². The van der Waals surface area contributed by atoms with Crippen LogP contribution in [0.4, 0.5) is 0 Å². The fraction of sp³-hybridized carbons (Fsp3) is 0.333. The quantitative estimate of drug-likeness (QED) is 0.640. The lowest BCUT2D eigenvalue weighted by Crippen LogP contribution is -2.22. The minimum atomic E-state index is -0.501. The third-order valence-electron chi connectivity index (χ3n) is 2.55. The Morgan fingerprint density at radius 1 is 1.14 bits per heavy atom. The van der Waals surface area contributed by atoms with E-state index in [-0.39, 0.29) is 12.5 Å². The van der Waals surface area contributed by atoms with Crippen LogP contribution in [0.3, 0.4) is 0 Å². The van der Waals surface area contributed by atoms with E-state index in [0.29, 0.717) is 22.8 Å². The smallest absolute Gasteiger partial charge is 0.332 e. The summed E-state index contributed by atoms with van der Waals surface area (Å²) in [6, 6.07) is 4.82. The fourth-order valence-electron chi connectivity index (χ4n) is 1.59. The largest absolute Gasteiger partial charge is 0.497 e. The highest BCUT2D eigenvalue weighted by molar-refractivity contribution is 5.96. The van der Waals surface area contributed by atoms with Crippen molar-refractivity contribution in [3.8, 4) is 11.5 Å². The molecule has 1 N–H and O–H groups in total. The van der Waals surface area contributed by atoms with E-state index >= 15 is 0 Å². The molecule has 114 valence electrons. The lowest BCUT2D eigenvalue weighted by molar-refractivity contribution is -0.137. The summed E-state index contributed by atoms with van der Waals surface area (Å²) in [4.78, 5) is 23.4. The molecule has 21 heavy (non-hydrogen) atoms. The molecule has 1 rings (SSSR count). The number of carbonyl (C=O) groups excluding carboxylic acids is 2. The monoisotopic (exact) mass is 293 g/mol. The summed E-state index contributed by atoms with van der Waals surface area (Å²) in [6.07, 6.45) is 1.22. The Kier molecular flexibility index (Phi) is 6.26. The Labute approximate surface area is 123 Å². The molecule has 0 spiro atoms. The van der Waals surface area contributed by atoms with Crippen LogP contribution < -0.4 is 14.8 Å². The van der Waals surface area contributed by atoms with Crippen molar-refractivity contribution < 1.29 is 23.8 Å². The molecule has 1 aromatic rings. The molecule has 0 fully saturated rings. The van der Waals surface area contributed by atoms with E-state index in [9.17, 15) is 9.59 Å². The van der Waals surface area contributed by atoms with Crippen LogP contribution in [-0.2, 0) is 9.53 Å². The van der Waals surface area contributed by atoms with Crippen molar-refractivity contribution in [2.24, 2.45) is 0 Å². The minimum Gasteiger partial charge on any atom is -0.497 e. The van der Waals surface area contributed by atoms with Gasteiger partial charge in [-0.3, -0.25) is 4.79 Å². The van der Waals surface area contributed by atoms with Gasteiger partial charge in [0, 0.05) is 23.4 Å². The first-order valence-electron chi connectivity index (χ1n) is 6.39. The second-order valence-electron chi connectivity index (χ2n) is 4.13. The molecule has 0 heterocycles. The van der Waals surface area contributed by atoms with E-state index in [1.807, 2.05) is 0 Å². The molecule has 0 radical (unpaired) electrons. The van der Waals surface area contributed by atoms with Gasteiger partial charge >= 0.3 is 5.97 Å². The number of allylic oxidation sites excluding steroid dienone is 1. The van der Waals surface area contributed by atoms with Gasteiger partial charge in [-0.1, -0.05) is 0 Å². The van der Waals surface area contributed by atoms with Gasteiger partial charge in [0.15, 0.2) is 0 Å². The van der Waals surface area contributed by atoms with Gasteiger partial charge in [0.1, 0.15) is 11.5 Å². The van der Waals surface area contributed by atoms with E-state index in [4.69, 9.17) is 14.2 Å². The molecule has 6 nitrogen and oxygen atoms in total. The van der Waals surface area contributed by atoms with Gasteiger partial charge in [-0.15, -0.1) is 0 Å². The lowest BCUT2D eigenvalue weighted by atomic mass is 10.2. The Hall–Kier alpha value is -2.50. The number of amides is 1. The summed E-state index contributed by atoms with van der Waals surface area (Å²) in [5, 5.41) is 2.60. The van der Waals surface area contributed by atoms with Gasteiger partial charge in [-0.2, -0.15) is 0 Å². The predicted octanol–water partition coefficient (Wildman–Crippen LogP) is 1.90. The maximum atomic E-state index is 12.1. The normalized spacial score (nSPS) is 10.8. The Bertz CT molecular complexity index is 529. The van der Waals surface area contributed by atoms with E-state index < -0.39 is 5.97 Å². The van der Waals surface area contributed by atoms with Crippen LogP contribution >= 0.6 is 0 Å². The minimum absolute atomic E-state index is 0.281. The number of carbonyl (C=O) groups is 2. The van der Waals surface area contributed by atoms with Crippen LogP contribution in [0.2, 0.25) is 0 Å². The highest BCUT2D eigenvalue weighted by Crippen LogP contribution is 2.22. The lowest BCUT2D eigenvalue weighted by Gasteiger charge is -2.09. The SMILES string of the molecule is CCOC(=O)C=C(C)NC(=O)c1cc(OC)cc(OC)c1. The molecule has 0 saturated carbocycles. The molecule has 6 heteroatoms. The maximum absolute atomic E-state index is 12.1. The number of rotatable bonds is 6. The highest BCUT2D eigenvalue weighted by atomic mass is 16.5. The standard InChI is InChI=1S/C15H19NO5/c1-5-21-14(17)6-10(2)16-15(18)11-7-12(19-3)9-13(8-11)20-4/h6-9H,5H2,1-4H3,(H,16,18). The molecule has 0 aromatic heterocycles. The van der Waals surface area contributed by atoms with Gasteiger partial charge in [-0.25, -0.2) is 4.79 Å². The average molecular weight is 293 g/mol. The van der Waals surface area contributed by atoms with Crippen LogP contribution in [0.1, 0.15) is 24.2 Å². The summed E-state index contributed by atoms with van der Waals surface area (Å²) in [7, 11) is 3.00. The average Bonchev–Trinajstić information content (AvgIpc) is 2.46. The van der Waals surface area contributed by atoms with Crippen LogP contribution in [0.25, 0.3) is 0 Å². The molecule has 0 aliphatic rings. The summed E-state index contributed by atoms with van der Waals surface area (Å²) in [5.74, 6) is 0.141. The summed E-state index contributed by atoms with van der Waals surface area (Å²) in [6.45, 7) is 3.60. The summed E-state index contributed by atoms with van der Waals surface area (Å²) >= 11 is 0. The second-order valence-corrected chi connectivity index (χ2v) is 4.13. The van der Waals surface area contributed by atoms with Crippen LogP contribution in [0.5, 0.6) is 11.5 Å². The predicted molar refractivity (Wildman–Crippen MR) is 77.4 cm³/mol. The highest BCUT2D eigenvalue weighted by Gasteiger charge is 2.10. The van der Waals surface area contributed by atoms with Gasteiger partial charge < -0.3 is 19.5 Å². The first kappa shape index (κ1) is 16.6. The number of esters is 1. The molecule has 0 aliphatic carbocycles. The molecule has 0 unspecified atom stereocenters. The van der Waals surface area contributed by atoms with Gasteiger partial charge in [-0.05, 0) is 26.0 Å². The van der Waals surface area contributed by atoms with E-state index in [2.05, 4.69) is 5.32 Å². The molecule has 1 amide bonds. The van der Waals surface area contributed by atoms with Gasteiger partial charge in [0.25, 0.3) is 5.91 Å². The van der Waals surface area contributed by atoms with Crippen LogP contribution in [0.15, 0.2) is 30.0 Å². The number of ether oxygens (including phenoxy) is 3. The van der Waals surface area contributed by atoms with Gasteiger partial charge in [0.05, 0.1) is 20.8 Å². The zero-order chi connectivity index (χ0) is 15.8. The molecule has 0 aliphatic heterocycles. The summed E-state index contributed by atoms with van der Waals surface area (Å²) in [5.41, 5.74) is 0.753. The Balaban J connectivity index is 2.86. The van der Waals surface area contributed by atoms with Crippen molar-refractivity contribution in [2.75, 3.05) is 20.8 Å². The molecular weight excluding hydrogens is 274 g/mol. The van der Waals surface area contributed by atoms with E-state index in [1.165, 1.54) is 20.3 Å². The molecular formula is C15H19NO5. The third kappa shape index (κ3) is 5.18. The molecule has 1 aromatic carbocycles. The Morgan fingerprint density at radius 3 is 2.19 bits per heavy atom. The number of hydrogen-bond donors (Lipinski definition) is 1. The van der Waals surface area contributed by atoms with E-state index in [1.54, 1.807) is 32.0 Å². The van der Waals surface area contributed by atoms with Crippen LogP contribution in [0, 0.1) is 0 Å². The van der Waals surface area contributed by atoms with Gasteiger partial charge in [0.2, 0.25) is 0 Å². The number of methoxy groups -OCH3 is 2. The summed E-state index contributed by atoms with van der Waals surface area (Å²) < 4.78 is 15.0. The number of benzene rings is 1. The fourth-order valence-corrected chi connectivity index (χ4v) is 1.59. The zero-order valence-electron chi connectivity index (χ0n) is 12.6. The molecule has 0 bridgehead atoms. The van der Waals surface area contributed by atoms with Crippen molar-refractivity contribution in [1.29, 1.82) is 0 Å². The molecule has 0 saturated heterocycles.